The van der Waals surface area contributed by atoms with Crippen LogP contribution < -0.4 is 9.47 Å². The van der Waals surface area contributed by atoms with Crippen LogP contribution in [0.1, 0.15) is 22.3 Å². The largest absolute Gasteiger partial charge is 0.439 e. The van der Waals surface area contributed by atoms with Gasteiger partial charge in [-0.15, -0.1) is 0 Å². The standard InChI is InChI=1S/C27H20F6N2O2/c1-17-3-13-23(34-15-17)36-21-9-5-19(6-10-21)25(26(28,29)30,27(31,32)33)20-7-11-22(12-8-20)37-24-14-4-18(2)16-35-24/h3-16H,1-2H3. The van der Waals surface area contributed by atoms with Crippen molar-refractivity contribution in [3.8, 4) is 23.3 Å². The van der Waals surface area contributed by atoms with E-state index in [1.807, 2.05) is 0 Å². The summed E-state index contributed by atoms with van der Waals surface area (Å²) in [4.78, 5) is 8.03. The molecule has 0 radical (unpaired) electrons. The van der Waals surface area contributed by atoms with Crippen molar-refractivity contribution in [1.29, 1.82) is 0 Å². The molecule has 192 valence electrons. The number of ether oxygens (including phenoxy) is 2. The maximum Gasteiger partial charge on any atom is 0.411 e. The maximum atomic E-state index is 14.4. The average molecular weight is 518 g/mol. The van der Waals surface area contributed by atoms with E-state index >= 15 is 0 Å². The quantitative estimate of drug-likeness (QED) is 0.242. The molecule has 37 heavy (non-hydrogen) atoms. The Kier molecular flexibility index (Phi) is 6.86. The van der Waals surface area contributed by atoms with E-state index in [0.29, 0.717) is 0 Å². The number of hydrogen-bond acceptors (Lipinski definition) is 4. The van der Waals surface area contributed by atoms with Crippen molar-refractivity contribution in [3.05, 3.63) is 107 Å². The van der Waals surface area contributed by atoms with Gasteiger partial charge in [0.25, 0.3) is 0 Å². The summed E-state index contributed by atoms with van der Waals surface area (Å²) in [5.41, 5.74) is -4.60. The fourth-order valence-corrected chi connectivity index (χ4v) is 3.80. The lowest BCUT2D eigenvalue weighted by Gasteiger charge is -2.38. The summed E-state index contributed by atoms with van der Waals surface area (Å²) in [6.07, 6.45) is -8.39. The van der Waals surface area contributed by atoms with Crippen LogP contribution in [0.2, 0.25) is 0 Å². The molecule has 0 unspecified atom stereocenters. The lowest BCUT2D eigenvalue weighted by atomic mass is 9.73. The fourth-order valence-electron chi connectivity index (χ4n) is 3.80. The van der Waals surface area contributed by atoms with Gasteiger partial charge in [0.15, 0.2) is 0 Å². The highest BCUT2D eigenvalue weighted by molar-refractivity contribution is 5.47. The number of halogens is 6. The summed E-state index contributed by atoms with van der Waals surface area (Å²) >= 11 is 0. The molecule has 0 aliphatic carbocycles. The fraction of sp³-hybridized carbons (Fsp3) is 0.185. The number of aryl methyl sites for hydroxylation is 2. The van der Waals surface area contributed by atoms with Crippen LogP contribution in [0, 0.1) is 13.8 Å². The van der Waals surface area contributed by atoms with Gasteiger partial charge in [0.2, 0.25) is 17.2 Å². The number of pyridine rings is 2. The minimum absolute atomic E-state index is 0.0349. The van der Waals surface area contributed by atoms with Gasteiger partial charge in [0.05, 0.1) is 0 Å². The Labute approximate surface area is 208 Å². The minimum Gasteiger partial charge on any atom is -0.439 e. The lowest BCUT2D eigenvalue weighted by Crippen LogP contribution is -2.54. The third-order valence-electron chi connectivity index (χ3n) is 5.64. The Hall–Kier alpha value is -4.08. The number of aromatic nitrogens is 2. The van der Waals surface area contributed by atoms with Crippen LogP contribution in [0.25, 0.3) is 0 Å². The molecule has 0 amide bonds. The van der Waals surface area contributed by atoms with E-state index in [2.05, 4.69) is 9.97 Å². The zero-order valence-electron chi connectivity index (χ0n) is 19.6. The van der Waals surface area contributed by atoms with Gasteiger partial charge in [-0.2, -0.15) is 26.3 Å². The van der Waals surface area contributed by atoms with Gasteiger partial charge in [-0.25, -0.2) is 9.97 Å². The van der Waals surface area contributed by atoms with Gasteiger partial charge in [-0.05, 0) is 60.4 Å². The van der Waals surface area contributed by atoms with Crippen LogP contribution in [-0.4, -0.2) is 22.3 Å². The second-order valence-corrected chi connectivity index (χ2v) is 8.35. The Bertz CT molecular complexity index is 1230. The minimum atomic E-state index is -5.72. The summed E-state index contributed by atoms with van der Waals surface area (Å²) in [6.45, 7) is 3.61. The summed E-state index contributed by atoms with van der Waals surface area (Å²) < 4.78 is 97.4. The van der Waals surface area contributed by atoms with E-state index < -0.39 is 28.9 Å². The predicted molar refractivity (Wildman–Crippen MR) is 124 cm³/mol. The highest BCUT2D eigenvalue weighted by atomic mass is 19.4. The molecule has 0 saturated heterocycles. The molecule has 0 aliphatic heterocycles. The molecule has 0 atom stereocenters. The first-order chi connectivity index (χ1) is 17.4. The molecular weight excluding hydrogens is 498 g/mol. The second kappa shape index (κ2) is 9.76. The Morgan fingerprint density at radius 2 is 0.865 bits per heavy atom. The van der Waals surface area contributed by atoms with Crippen molar-refractivity contribution >= 4 is 0 Å². The zero-order valence-corrected chi connectivity index (χ0v) is 19.6. The zero-order chi connectivity index (χ0) is 26.8. The van der Waals surface area contributed by atoms with E-state index in [-0.39, 0.29) is 23.3 Å². The third kappa shape index (κ3) is 5.23. The van der Waals surface area contributed by atoms with Gasteiger partial charge >= 0.3 is 12.4 Å². The van der Waals surface area contributed by atoms with E-state index in [1.165, 1.54) is 24.5 Å². The van der Waals surface area contributed by atoms with Gasteiger partial charge in [-0.3, -0.25) is 0 Å². The molecule has 0 N–H and O–H groups in total. The lowest BCUT2D eigenvalue weighted by molar-refractivity contribution is -0.288. The molecule has 0 fully saturated rings. The smallest absolute Gasteiger partial charge is 0.411 e. The summed E-state index contributed by atoms with van der Waals surface area (Å²) in [6, 6.07) is 13.7. The molecular formula is C27H20F6N2O2. The van der Waals surface area contributed by atoms with Gasteiger partial charge in [0, 0.05) is 24.5 Å². The number of benzene rings is 2. The van der Waals surface area contributed by atoms with E-state index in [9.17, 15) is 26.3 Å². The molecule has 2 aromatic carbocycles. The Morgan fingerprint density at radius 3 is 1.14 bits per heavy atom. The molecule has 2 aromatic heterocycles. The molecule has 0 spiro atoms. The van der Waals surface area contributed by atoms with Gasteiger partial charge in [0.1, 0.15) is 11.5 Å². The highest BCUT2D eigenvalue weighted by Gasteiger charge is 2.72. The summed E-state index contributed by atoms with van der Waals surface area (Å²) in [5.74, 6) is 0.366. The van der Waals surface area contributed by atoms with Crippen LogP contribution >= 0.6 is 0 Å². The van der Waals surface area contributed by atoms with Crippen LogP contribution in [0.15, 0.2) is 85.2 Å². The van der Waals surface area contributed by atoms with E-state index in [0.717, 1.165) is 59.7 Å². The van der Waals surface area contributed by atoms with Crippen molar-refractivity contribution in [2.24, 2.45) is 0 Å². The third-order valence-corrected chi connectivity index (χ3v) is 5.64. The Morgan fingerprint density at radius 1 is 0.514 bits per heavy atom. The number of alkyl halides is 6. The molecule has 0 bridgehead atoms. The molecule has 10 heteroatoms. The van der Waals surface area contributed by atoms with Crippen LogP contribution in [0.3, 0.4) is 0 Å². The maximum absolute atomic E-state index is 14.4. The topological polar surface area (TPSA) is 44.2 Å². The van der Waals surface area contributed by atoms with Crippen molar-refractivity contribution in [3.63, 3.8) is 0 Å². The predicted octanol–water partition coefficient (Wildman–Crippen LogP) is 8.09. The summed E-state index contributed by atoms with van der Waals surface area (Å²) in [7, 11) is 0. The van der Waals surface area contributed by atoms with Crippen LogP contribution in [-0.2, 0) is 5.41 Å². The van der Waals surface area contributed by atoms with Crippen molar-refractivity contribution < 1.29 is 35.8 Å². The number of nitrogens with zero attached hydrogens (tertiary/aromatic N) is 2. The normalized spacial score (nSPS) is 12.3. The first-order valence-corrected chi connectivity index (χ1v) is 11.0. The SMILES string of the molecule is Cc1ccc(Oc2ccc(C(c3ccc(Oc4ccc(C)cn4)cc3)(C(F)(F)F)C(F)(F)F)cc2)nc1. The first kappa shape index (κ1) is 26.0. The first-order valence-electron chi connectivity index (χ1n) is 11.0. The van der Waals surface area contributed by atoms with E-state index in [4.69, 9.17) is 9.47 Å². The van der Waals surface area contributed by atoms with Crippen LogP contribution in [0.5, 0.6) is 23.3 Å². The second-order valence-electron chi connectivity index (χ2n) is 8.35. The van der Waals surface area contributed by atoms with Gasteiger partial charge in [-0.1, -0.05) is 36.4 Å². The van der Waals surface area contributed by atoms with E-state index in [1.54, 1.807) is 26.0 Å². The van der Waals surface area contributed by atoms with Gasteiger partial charge < -0.3 is 9.47 Å². The molecule has 2 heterocycles. The molecule has 4 aromatic rings. The van der Waals surface area contributed by atoms with Crippen LogP contribution in [0.4, 0.5) is 26.3 Å². The summed E-state index contributed by atoms with van der Waals surface area (Å²) in [5, 5.41) is 0. The Balaban J connectivity index is 1.71. The van der Waals surface area contributed by atoms with Crippen molar-refractivity contribution in [2.45, 2.75) is 31.6 Å². The molecule has 0 saturated carbocycles. The number of hydrogen-bond donors (Lipinski definition) is 0. The molecule has 4 rings (SSSR count). The average Bonchev–Trinajstić information content (AvgIpc) is 2.83. The van der Waals surface area contributed by atoms with Crippen molar-refractivity contribution in [1.82, 2.24) is 9.97 Å². The van der Waals surface area contributed by atoms with Crippen molar-refractivity contribution in [2.75, 3.05) is 0 Å². The molecule has 4 nitrogen and oxygen atoms in total. The molecule has 0 aliphatic rings. The monoisotopic (exact) mass is 518 g/mol. The number of rotatable bonds is 6. The highest BCUT2D eigenvalue weighted by Crippen LogP contribution is 2.56.